The second kappa shape index (κ2) is 6.98. The van der Waals surface area contributed by atoms with Crippen LogP contribution in [-0.4, -0.2) is 35.1 Å². The van der Waals surface area contributed by atoms with Crippen LogP contribution in [0, 0.1) is 10.1 Å². The summed E-state index contributed by atoms with van der Waals surface area (Å²) < 4.78 is 5.19. The van der Waals surface area contributed by atoms with Gasteiger partial charge in [-0.1, -0.05) is 18.2 Å². The van der Waals surface area contributed by atoms with Gasteiger partial charge in [-0.3, -0.25) is 15.0 Å². The molecule has 2 aromatic rings. The number of hydrogen-bond donors (Lipinski definition) is 1. The van der Waals surface area contributed by atoms with E-state index in [1.807, 2.05) is 30.3 Å². The molecule has 0 aliphatic carbocycles. The Bertz CT molecular complexity index is 748. The summed E-state index contributed by atoms with van der Waals surface area (Å²) in [6.07, 6.45) is 0.207. The summed E-state index contributed by atoms with van der Waals surface area (Å²) >= 11 is 0. The number of benzene rings is 2. The molecule has 3 rings (SSSR count). The van der Waals surface area contributed by atoms with Gasteiger partial charge in [0, 0.05) is 31.8 Å². The average molecular weight is 328 g/mol. The third-order valence-corrected chi connectivity index (χ3v) is 4.40. The number of aliphatic hydroxyl groups is 1. The van der Waals surface area contributed by atoms with Gasteiger partial charge in [-0.15, -0.1) is 0 Å². The normalized spacial score (nSPS) is 15.6. The van der Waals surface area contributed by atoms with E-state index in [0.29, 0.717) is 18.8 Å². The van der Waals surface area contributed by atoms with Gasteiger partial charge in [0.15, 0.2) is 0 Å². The number of hydrogen-bond acceptors (Lipinski definition) is 5. The zero-order valence-electron chi connectivity index (χ0n) is 13.5. The van der Waals surface area contributed by atoms with Crippen LogP contribution in [0.3, 0.4) is 0 Å². The van der Waals surface area contributed by atoms with Gasteiger partial charge >= 0.3 is 0 Å². The van der Waals surface area contributed by atoms with Crippen molar-refractivity contribution in [3.05, 3.63) is 69.3 Å². The van der Waals surface area contributed by atoms with E-state index in [0.717, 1.165) is 29.7 Å². The molecule has 6 heteroatoms. The van der Waals surface area contributed by atoms with Gasteiger partial charge in [0.2, 0.25) is 0 Å². The number of nitro benzene ring substituents is 1. The second-order valence-electron chi connectivity index (χ2n) is 5.99. The molecule has 0 fully saturated rings. The molecule has 0 radical (unpaired) electrons. The molecule has 0 saturated carbocycles. The summed E-state index contributed by atoms with van der Waals surface area (Å²) in [5.74, 6) is 0.714. The van der Waals surface area contributed by atoms with E-state index in [9.17, 15) is 15.2 Å². The Hall–Kier alpha value is -2.44. The highest BCUT2D eigenvalue weighted by Gasteiger charge is 2.21. The van der Waals surface area contributed by atoms with Crippen molar-refractivity contribution in [1.82, 2.24) is 4.90 Å². The zero-order chi connectivity index (χ0) is 17.1. The summed E-state index contributed by atoms with van der Waals surface area (Å²) in [5.41, 5.74) is 3.03. The minimum absolute atomic E-state index is 0.115. The summed E-state index contributed by atoms with van der Waals surface area (Å²) in [4.78, 5) is 12.7. The number of β-amino-alcohol motifs (C(OH)–C–C–N with tert-alkyl or cyclic N) is 1. The molecule has 0 amide bonds. The molecule has 1 heterocycles. The fourth-order valence-electron chi connectivity index (χ4n) is 3.07. The molecule has 24 heavy (non-hydrogen) atoms. The number of rotatable bonds is 5. The molecule has 0 saturated heterocycles. The number of fused-ring (bicyclic) bond motifs is 1. The Morgan fingerprint density at radius 2 is 2.12 bits per heavy atom. The zero-order valence-corrected chi connectivity index (χ0v) is 13.5. The maximum absolute atomic E-state index is 10.9. The lowest BCUT2D eigenvalue weighted by atomic mass is 9.98. The summed E-state index contributed by atoms with van der Waals surface area (Å²) in [6, 6.07) is 12.4. The van der Waals surface area contributed by atoms with Gasteiger partial charge in [0.25, 0.3) is 5.69 Å². The molecule has 0 bridgehead atoms. The van der Waals surface area contributed by atoms with Gasteiger partial charge in [0.05, 0.1) is 18.1 Å². The Morgan fingerprint density at radius 3 is 2.88 bits per heavy atom. The molecule has 0 aromatic heterocycles. The van der Waals surface area contributed by atoms with Crippen molar-refractivity contribution in [3.63, 3.8) is 0 Å². The average Bonchev–Trinajstić information content (AvgIpc) is 2.61. The minimum Gasteiger partial charge on any atom is -0.497 e. The largest absolute Gasteiger partial charge is 0.497 e. The Balaban J connectivity index is 1.70. The second-order valence-corrected chi connectivity index (χ2v) is 5.99. The van der Waals surface area contributed by atoms with E-state index in [2.05, 4.69) is 4.90 Å². The number of non-ortho nitro benzene ring substituents is 1. The fraction of sp³-hybridized carbons (Fsp3) is 0.333. The summed E-state index contributed by atoms with van der Waals surface area (Å²) in [6.45, 7) is 1.92. The van der Waals surface area contributed by atoms with Gasteiger partial charge in [-0.25, -0.2) is 0 Å². The van der Waals surface area contributed by atoms with E-state index in [1.165, 1.54) is 0 Å². The van der Waals surface area contributed by atoms with Crippen molar-refractivity contribution in [2.45, 2.75) is 19.1 Å². The van der Waals surface area contributed by atoms with Crippen LogP contribution < -0.4 is 4.74 Å². The summed E-state index contributed by atoms with van der Waals surface area (Å²) in [7, 11) is 1.60. The van der Waals surface area contributed by atoms with Gasteiger partial charge < -0.3 is 9.84 Å². The van der Waals surface area contributed by atoms with Crippen molar-refractivity contribution in [1.29, 1.82) is 0 Å². The molecule has 1 aliphatic rings. The van der Waals surface area contributed by atoms with Crippen molar-refractivity contribution in [3.8, 4) is 5.75 Å². The van der Waals surface area contributed by atoms with E-state index in [1.54, 1.807) is 19.2 Å². The maximum atomic E-state index is 10.9. The van der Waals surface area contributed by atoms with E-state index in [4.69, 9.17) is 4.74 Å². The summed E-state index contributed by atoms with van der Waals surface area (Å²) in [5, 5.41) is 21.4. The highest BCUT2D eigenvalue weighted by molar-refractivity contribution is 5.41. The Morgan fingerprint density at radius 1 is 1.29 bits per heavy atom. The van der Waals surface area contributed by atoms with E-state index in [-0.39, 0.29) is 10.6 Å². The highest BCUT2D eigenvalue weighted by Crippen LogP contribution is 2.26. The van der Waals surface area contributed by atoms with Crippen molar-refractivity contribution in [2.75, 3.05) is 20.2 Å². The highest BCUT2D eigenvalue weighted by atomic mass is 16.6. The number of methoxy groups -OCH3 is 1. The molecule has 126 valence electrons. The Kier molecular flexibility index (Phi) is 4.78. The van der Waals surface area contributed by atoms with Crippen LogP contribution in [-0.2, 0) is 13.0 Å². The first-order valence-electron chi connectivity index (χ1n) is 7.87. The number of nitro groups is 1. The topological polar surface area (TPSA) is 75.8 Å². The molecular formula is C18H20N2O4. The van der Waals surface area contributed by atoms with Crippen molar-refractivity contribution >= 4 is 5.69 Å². The molecule has 6 nitrogen and oxygen atoms in total. The Labute approximate surface area is 140 Å². The van der Waals surface area contributed by atoms with E-state index < -0.39 is 6.10 Å². The minimum atomic E-state index is -0.625. The third kappa shape index (κ3) is 3.55. The molecule has 1 aliphatic heterocycles. The molecule has 0 spiro atoms. The van der Waals surface area contributed by atoms with Gasteiger partial charge in [-0.2, -0.15) is 0 Å². The smallest absolute Gasteiger partial charge is 0.269 e. The predicted molar refractivity (Wildman–Crippen MR) is 90.0 cm³/mol. The molecule has 1 atom stereocenters. The quantitative estimate of drug-likeness (QED) is 0.674. The standard InChI is InChI=1S/C18H20N2O4/c1-24-17-4-2-3-14(10-17)18(21)12-19-8-7-13-5-6-16(20(22)23)9-15(13)11-19/h2-6,9-10,18,21H,7-8,11-12H2,1H3. The number of ether oxygens (including phenoxy) is 1. The molecule has 1 unspecified atom stereocenters. The van der Waals surface area contributed by atoms with Crippen LogP contribution >= 0.6 is 0 Å². The first kappa shape index (κ1) is 16.4. The van der Waals surface area contributed by atoms with Crippen LogP contribution in [0.4, 0.5) is 5.69 Å². The van der Waals surface area contributed by atoms with Crippen molar-refractivity contribution < 1.29 is 14.8 Å². The third-order valence-electron chi connectivity index (χ3n) is 4.40. The van der Waals surface area contributed by atoms with Crippen LogP contribution in [0.25, 0.3) is 0 Å². The first-order chi connectivity index (χ1) is 11.6. The lowest BCUT2D eigenvalue weighted by Crippen LogP contribution is -2.34. The van der Waals surface area contributed by atoms with Gasteiger partial charge in [0.1, 0.15) is 5.75 Å². The van der Waals surface area contributed by atoms with Crippen LogP contribution in [0.15, 0.2) is 42.5 Å². The van der Waals surface area contributed by atoms with E-state index >= 15 is 0 Å². The SMILES string of the molecule is COc1cccc(C(O)CN2CCc3ccc([N+](=O)[O-])cc3C2)c1. The lowest BCUT2D eigenvalue weighted by Gasteiger charge is -2.30. The van der Waals surface area contributed by atoms with Crippen molar-refractivity contribution in [2.24, 2.45) is 0 Å². The predicted octanol–water partition coefficient (Wildman–Crippen LogP) is 2.70. The number of nitrogens with zero attached hydrogens (tertiary/aromatic N) is 2. The molecular weight excluding hydrogens is 308 g/mol. The first-order valence-corrected chi connectivity index (χ1v) is 7.87. The molecule has 2 aromatic carbocycles. The van der Waals surface area contributed by atoms with Gasteiger partial charge in [-0.05, 0) is 35.2 Å². The maximum Gasteiger partial charge on any atom is 0.269 e. The van der Waals surface area contributed by atoms with Crippen LogP contribution in [0.5, 0.6) is 5.75 Å². The fourth-order valence-corrected chi connectivity index (χ4v) is 3.07. The van der Waals surface area contributed by atoms with Crippen LogP contribution in [0.2, 0.25) is 0 Å². The van der Waals surface area contributed by atoms with Crippen LogP contribution in [0.1, 0.15) is 22.8 Å². The number of aliphatic hydroxyl groups excluding tert-OH is 1. The molecule has 1 N–H and O–H groups in total. The lowest BCUT2D eigenvalue weighted by molar-refractivity contribution is -0.385. The monoisotopic (exact) mass is 328 g/mol.